The molecule has 1 fully saturated rings. The fourth-order valence-electron chi connectivity index (χ4n) is 4.28. The summed E-state index contributed by atoms with van der Waals surface area (Å²) < 4.78 is 26.4. The number of carbonyl (C=O) groups is 2. The fraction of sp³-hybridized carbons (Fsp3) is 0.440. The van der Waals surface area contributed by atoms with E-state index in [0.717, 1.165) is 36.2 Å². The van der Waals surface area contributed by atoms with Crippen molar-refractivity contribution in [1.82, 2.24) is 10.2 Å². The number of anilines is 1. The fourth-order valence-corrected chi connectivity index (χ4v) is 5.61. The van der Waals surface area contributed by atoms with Crippen molar-refractivity contribution in [3.05, 3.63) is 63.6 Å². The second-order valence-corrected chi connectivity index (χ2v) is 11.7. The lowest BCUT2D eigenvalue weighted by Gasteiger charge is -2.32. The van der Waals surface area contributed by atoms with Crippen molar-refractivity contribution in [2.24, 2.45) is 0 Å². The number of hydrogen-bond acceptors (Lipinski definition) is 4. The van der Waals surface area contributed by atoms with E-state index in [2.05, 4.69) is 5.32 Å². The summed E-state index contributed by atoms with van der Waals surface area (Å²) in [5.41, 5.74) is 1.63. The minimum Gasteiger partial charge on any atom is -0.352 e. The first-order chi connectivity index (χ1) is 16.5. The van der Waals surface area contributed by atoms with Crippen LogP contribution >= 0.6 is 23.2 Å². The summed E-state index contributed by atoms with van der Waals surface area (Å²) in [6.45, 7) is 2.97. The molecule has 35 heavy (non-hydrogen) atoms. The van der Waals surface area contributed by atoms with Gasteiger partial charge in [-0.1, -0.05) is 54.2 Å². The third-order valence-corrected chi connectivity index (χ3v) is 8.00. The monoisotopic (exact) mass is 539 g/mol. The lowest BCUT2D eigenvalue weighted by atomic mass is 10.1. The van der Waals surface area contributed by atoms with Gasteiger partial charge in [0.1, 0.15) is 12.6 Å². The lowest BCUT2D eigenvalue weighted by molar-refractivity contribution is -0.139. The van der Waals surface area contributed by atoms with E-state index >= 15 is 0 Å². The van der Waals surface area contributed by atoms with Crippen molar-refractivity contribution in [3.8, 4) is 0 Å². The number of aryl methyl sites for hydroxylation is 1. The SMILES string of the molecule is Cc1cc(Cl)ccc1N(CC(=O)N(Cc1ccccc1Cl)[C@H](C)C(=O)NC1CCCC1)S(C)(=O)=O. The van der Waals surface area contributed by atoms with Crippen LogP contribution in [0, 0.1) is 6.92 Å². The predicted molar refractivity (Wildman–Crippen MR) is 140 cm³/mol. The minimum absolute atomic E-state index is 0.0644. The second-order valence-electron chi connectivity index (χ2n) is 8.98. The molecule has 0 bridgehead atoms. The molecular weight excluding hydrogens is 509 g/mol. The molecule has 2 amide bonds. The third-order valence-electron chi connectivity index (χ3n) is 6.27. The van der Waals surface area contributed by atoms with Crippen LogP contribution in [0.4, 0.5) is 5.69 Å². The molecule has 10 heteroatoms. The van der Waals surface area contributed by atoms with Crippen LogP contribution in [0.5, 0.6) is 0 Å². The quantitative estimate of drug-likeness (QED) is 0.506. The van der Waals surface area contributed by atoms with E-state index in [1.54, 1.807) is 56.3 Å². The standard InChI is InChI=1S/C25H31Cl2N3O4S/c1-17-14-20(26)12-13-23(17)30(35(3,33)34)16-24(31)29(15-19-8-4-7-11-22(19)27)18(2)25(32)28-21-9-5-6-10-21/h4,7-8,11-14,18,21H,5-6,9-10,15-16H2,1-3H3,(H,28,32)/t18-/m1/s1. The van der Waals surface area contributed by atoms with Crippen molar-refractivity contribution >= 4 is 50.7 Å². The third kappa shape index (κ3) is 7.12. The summed E-state index contributed by atoms with van der Waals surface area (Å²) in [5.74, 6) is -0.787. The number of halogens is 2. The van der Waals surface area contributed by atoms with Crippen LogP contribution in [0.3, 0.4) is 0 Å². The number of hydrogen-bond donors (Lipinski definition) is 1. The number of nitrogens with zero attached hydrogens (tertiary/aromatic N) is 2. The van der Waals surface area contributed by atoms with E-state index in [4.69, 9.17) is 23.2 Å². The maximum Gasteiger partial charge on any atom is 0.244 e. The zero-order valence-corrected chi connectivity index (χ0v) is 22.5. The van der Waals surface area contributed by atoms with Gasteiger partial charge in [0.2, 0.25) is 21.8 Å². The first-order valence-electron chi connectivity index (χ1n) is 11.5. The largest absolute Gasteiger partial charge is 0.352 e. The molecular formula is C25H31Cl2N3O4S. The van der Waals surface area contributed by atoms with Crippen LogP contribution in [0.15, 0.2) is 42.5 Å². The molecule has 190 valence electrons. The van der Waals surface area contributed by atoms with Crippen LogP contribution in [-0.2, 0) is 26.2 Å². The molecule has 0 unspecified atom stereocenters. The zero-order chi connectivity index (χ0) is 25.8. The molecule has 0 spiro atoms. The number of nitrogens with one attached hydrogen (secondary N) is 1. The summed E-state index contributed by atoms with van der Waals surface area (Å²) in [5, 5.41) is 3.95. The van der Waals surface area contributed by atoms with Crippen molar-refractivity contribution in [2.75, 3.05) is 17.1 Å². The van der Waals surface area contributed by atoms with Crippen molar-refractivity contribution < 1.29 is 18.0 Å². The molecule has 0 saturated heterocycles. The number of rotatable bonds is 9. The molecule has 3 rings (SSSR count). The average molecular weight is 541 g/mol. The van der Waals surface area contributed by atoms with Gasteiger partial charge < -0.3 is 10.2 Å². The molecule has 0 heterocycles. The molecule has 7 nitrogen and oxygen atoms in total. The van der Waals surface area contributed by atoms with Gasteiger partial charge in [-0.2, -0.15) is 0 Å². The molecule has 0 aromatic heterocycles. The second kappa shape index (κ2) is 11.6. The smallest absolute Gasteiger partial charge is 0.244 e. The molecule has 1 aliphatic rings. The first kappa shape index (κ1) is 27.3. The van der Waals surface area contributed by atoms with Gasteiger partial charge in [-0.15, -0.1) is 0 Å². The highest BCUT2D eigenvalue weighted by atomic mass is 35.5. The molecule has 1 N–H and O–H groups in total. The number of amides is 2. The molecule has 1 saturated carbocycles. The molecule has 2 aromatic rings. The molecule has 0 aliphatic heterocycles. The van der Waals surface area contributed by atoms with E-state index < -0.39 is 28.5 Å². The number of benzene rings is 2. The first-order valence-corrected chi connectivity index (χ1v) is 14.1. The van der Waals surface area contributed by atoms with Crippen LogP contribution in [0.25, 0.3) is 0 Å². The normalized spacial score (nSPS) is 15.0. The molecule has 1 atom stereocenters. The summed E-state index contributed by atoms with van der Waals surface area (Å²) in [4.78, 5) is 28.1. The van der Waals surface area contributed by atoms with Crippen LogP contribution in [0.1, 0.15) is 43.7 Å². The van der Waals surface area contributed by atoms with E-state index in [9.17, 15) is 18.0 Å². The highest BCUT2D eigenvalue weighted by molar-refractivity contribution is 7.92. The van der Waals surface area contributed by atoms with E-state index in [1.165, 1.54) is 4.90 Å². The number of carbonyl (C=O) groups excluding carboxylic acids is 2. The van der Waals surface area contributed by atoms with Gasteiger partial charge in [0.25, 0.3) is 0 Å². The van der Waals surface area contributed by atoms with Gasteiger partial charge in [-0.05, 0) is 62.1 Å². The summed E-state index contributed by atoms with van der Waals surface area (Å²) in [6, 6.07) is 11.1. The average Bonchev–Trinajstić information content (AvgIpc) is 3.29. The Labute approximate surface area is 217 Å². The molecule has 0 radical (unpaired) electrons. The Hall–Kier alpha value is -2.29. The topological polar surface area (TPSA) is 86.8 Å². The maximum atomic E-state index is 13.6. The van der Waals surface area contributed by atoms with Crippen molar-refractivity contribution in [1.29, 1.82) is 0 Å². The Morgan fingerprint density at radius 1 is 1.11 bits per heavy atom. The van der Waals surface area contributed by atoms with Gasteiger partial charge in [0.05, 0.1) is 11.9 Å². The number of sulfonamides is 1. The Morgan fingerprint density at radius 3 is 2.37 bits per heavy atom. The van der Waals surface area contributed by atoms with E-state index in [0.29, 0.717) is 26.9 Å². The maximum absolute atomic E-state index is 13.6. The Kier molecular flexibility index (Phi) is 9.07. The van der Waals surface area contributed by atoms with E-state index in [1.807, 2.05) is 0 Å². The van der Waals surface area contributed by atoms with Gasteiger partial charge >= 0.3 is 0 Å². The van der Waals surface area contributed by atoms with Crippen LogP contribution < -0.4 is 9.62 Å². The Bertz CT molecular complexity index is 1180. The summed E-state index contributed by atoms with van der Waals surface area (Å²) in [7, 11) is -3.81. The zero-order valence-electron chi connectivity index (χ0n) is 20.1. The predicted octanol–water partition coefficient (Wildman–Crippen LogP) is 4.54. The Morgan fingerprint density at radius 2 is 1.77 bits per heavy atom. The van der Waals surface area contributed by atoms with Gasteiger partial charge in [-0.25, -0.2) is 8.42 Å². The lowest BCUT2D eigenvalue weighted by Crippen LogP contribution is -2.52. The van der Waals surface area contributed by atoms with Crippen LogP contribution in [0.2, 0.25) is 10.0 Å². The highest BCUT2D eigenvalue weighted by Gasteiger charge is 2.32. The Balaban J connectivity index is 1.91. The van der Waals surface area contributed by atoms with Gasteiger partial charge in [0, 0.05) is 22.6 Å². The minimum atomic E-state index is -3.81. The van der Waals surface area contributed by atoms with E-state index in [-0.39, 0.29) is 18.5 Å². The van der Waals surface area contributed by atoms with Gasteiger partial charge in [0.15, 0.2) is 0 Å². The molecule has 2 aromatic carbocycles. The summed E-state index contributed by atoms with van der Waals surface area (Å²) >= 11 is 12.4. The van der Waals surface area contributed by atoms with Crippen LogP contribution in [-0.4, -0.2) is 50.0 Å². The molecule has 1 aliphatic carbocycles. The highest BCUT2D eigenvalue weighted by Crippen LogP contribution is 2.27. The summed E-state index contributed by atoms with van der Waals surface area (Å²) in [6.07, 6.45) is 4.99. The van der Waals surface area contributed by atoms with Gasteiger partial charge in [-0.3, -0.25) is 13.9 Å². The van der Waals surface area contributed by atoms with Crippen molar-refractivity contribution in [2.45, 2.75) is 58.2 Å². The van der Waals surface area contributed by atoms with Crippen molar-refractivity contribution in [3.63, 3.8) is 0 Å².